The van der Waals surface area contributed by atoms with Crippen LogP contribution in [-0.4, -0.2) is 24.3 Å². The summed E-state index contributed by atoms with van der Waals surface area (Å²) in [5.74, 6) is 0. The maximum atomic E-state index is 9.41. The number of aliphatic hydroxyl groups is 1. The molecule has 0 aromatic heterocycles. The second-order valence-electron chi connectivity index (χ2n) is 4.30. The van der Waals surface area contributed by atoms with E-state index in [1.807, 2.05) is 18.2 Å². The Morgan fingerprint density at radius 1 is 1.47 bits per heavy atom. The molecule has 4 heteroatoms. The number of halogens is 1. The van der Waals surface area contributed by atoms with Gasteiger partial charge in [-0.2, -0.15) is 5.26 Å². The molecule has 3 nitrogen and oxygen atoms in total. The maximum Gasteiger partial charge on any atom is 0.101 e. The molecule has 1 unspecified atom stereocenters. The number of nitriles is 1. The number of benzene rings is 1. The smallest absolute Gasteiger partial charge is 0.101 e. The minimum absolute atomic E-state index is 0.150. The summed E-state index contributed by atoms with van der Waals surface area (Å²) >= 11 is 3.37. The third-order valence-electron chi connectivity index (χ3n) is 3.23. The van der Waals surface area contributed by atoms with Crippen LogP contribution in [0.1, 0.15) is 24.8 Å². The Kier molecular flexibility index (Phi) is 4.03. The fraction of sp³-hybridized carbons (Fsp3) is 0.462. The molecule has 0 radical (unpaired) electrons. The Morgan fingerprint density at radius 3 is 3.00 bits per heavy atom. The summed E-state index contributed by atoms with van der Waals surface area (Å²) in [6.45, 7) is 1.07. The lowest BCUT2D eigenvalue weighted by Crippen LogP contribution is -2.42. The molecule has 1 aliphatic rings. The molecule has 1 N–H and O–H groups in total. The van der Waals surface area contributed by atoms with Gasteiger partial charge in [-0.05, 0) is 37.5 Å². The average molecular weight is 295 g/mol. The minimum Gasteiger partial charge on any atom is -0.394 e. The van der Waals surface area contributed by atoms with E-state index in [0.717, 1.165) is 36.0 Å². The standard InChI is InChI=1S/C13H15BrN2O/c14-11-4-5-13(10(7-11)8-15)16-6-2-1-3-12(16)9-17/h4-5,7,12,17H,1-3,6,9H2. The number of aliphatic hydroxyl groups excluding tert-OH is 1. The van der Waals surface area contributed by atoms with Gasteiger partial charge in [0.1, 0.15) is 6.07 Å². The first-order valence-electron chi connectivity index (χ1n) is 5.83. The zero-order valence-electron chi connectivity index (χ0n) is 9.56. The molecule has 1 aromatic rings. The van der Waals surface area contributed by atoms with Gasteiger partial charge >= 0.3 is 0 Å². The fourth-order valence-corrected chi connectivity index (χ4v) is 2.72. The maximum absolute atomic E-state index is 9.41. The summed E-state index contributed by atoms with van der Waals surface area (Å²) in [6.07, 6.45) is 3.27. The van der Waals surface area contributed by atoms with Gasteiger partial charge in [-0.25, -0.2) is 0 Å². The van der Waals surface area contributed by atoms with Crippen molar-refractivity contribution in [1.29, 1.82) is 5.26 Å². The first-order chi connectivity index (χ1) is 8.26. The number of piperidine rings is 1. The summed E-state index contributed by atoms with van der Waals surface area (Å²) in [4.78, 5) is 2.16. The Labute approximate surface area is 110 Å². The van der Waals surface area contributed by atoms with Gasteiger partial charge in [-0.3, -0.25) is 0 Å². The van der Waals surface area contributed by atoms with E-state index in [4.69, 9.17) is 0 Å². The molecule has 0 spiro atoms. The molecule has 0 amide bonds. The van der Waals surface area contributed by atoms with E-state index >= 15 is 0 Å². The van der Waals surface area contributed by atoms with E-state index in [0.29, 0.717) is 5.56 Å². The summed E-state index contributed by atoms with van der Waals surface area (Å²) in [5, 5.41) is 18.6. The fourth-order valence-electron chi connectivity index (χ4n) is 2.36. The molecule has 1 aliphatic heterocycles. The third kappa shape index (κ3) is 2.62. The Bertz CT molecular complexity index is 442. The van der Waals surface area contributed by atoms with Crippen LogP contribution in [0.4, 0.5) is 5.69 Å². The molecule has 1 fully saturated rings. The van der Waals surface area contributed by atoms with Gasteiger partial charge < -0.3 is 10.0 Å². The van der Waals surface area contributed by atoms with Crippen LogP contribution in [0.3, 0.4) is 0 Å². The van der Waals surface area contributed by atoms with E-state index in [2.05, 4.69) is 26.9 Å². The second kappa shape index (κ2) is 5.52. The molecule has 1 aromatic carbocycles. The van der Waals surface area contributed by atoms with Crippen LogP contribution < -0.4 is 4.90 Å². The highest BCUT2D eigenvalue weighted by atomic mass is 79.9. The highest BCUT2D eigenvalue weighted by Crippen LogP contribution is 2.29. The minimum atomic E-state index is 0.150. The largest absolute Gasteiger partial charge is 0.394 e. The summed E-state index contributed by atoms with van der Waals surface area (Å²) in [7, 11) is 0. The number of hydrogen-bond donors (Lipinski definition) is 1. The quantitative estimate of drug-likeness (QED) is 0.912. The Morgan fingerprint density at radius 2 is 2.29 bits per heavy atom. The third-order valence-corrected chi connectivity index (χ3v) is 3.72. The van der Waals surface area contributed by atoms with Crippen LogP contribution in [0.5, 0.6) is 0 Å². The van der Waals surface area contributed by atoms with E-state index in [9.17, 15) is 10.4 Å². The van der Waals surface area contributed by atoms with Crippen molar-refractivity contribution in [2.24, 2.45) is 0 Å². The highest BCUT2D eigenvalue weighted by Gasteiger charge is 2.23. The molecule has 0 bridgehead atoms. The van der Waals surface area contributed by atoms with Gasteiger partial charge in [-0.15, -0.1) is 0 Å². The van der Waals surface area contributed by atoms with Crippen molar-refractivity contribution in [2.75, 3.05) is 18.1 Å². The molecule has 1 saturated heterocycles. The van der Waals surface area contributed by atoms with Crippen LogP contribution in [-0.2, 0) is 0 Å². The molecule has 90 valence electrons. The van der Waals surface area contributed by atoms with E-state index in [1.54, 1.807) is 0 Å². The van der Waals surface area contributed by atoms with Gasteiger partial charge in [0.05, 0.1) is 23.9 Å². The summed E-state index contributed by atoms with van der Waals surface area (Å²) in [6, 6.07) is 8.11. The van der Waals surface area contributed by atoms with Crippen LogP contribution in [0.15, 0.2) is 22.7 Å². The first kappa shape index (κ1) is 12.4. The van der Waals surface area contributed by atoms with Crippen LogP contribution in [0.25, 0.3) is 0 Å². The monoisotopic (exact) mass is 294 g/mol. The van der Waals surface area contributed by atoms with Gasteiger partial charge in [0.2, 0.25) is 0 Å². The van der Waals surface area contributed by atoms with Crippen molar-refractivity contribution in [3.8, 4) is 6.07 Å². The highest BCUT2D eigenvalue weighted by molar-refractivity contribution is 9.10. The van der Waals surface area contributed by atoms with Crippen molar-refractivity contribution in [2.45, 2.75) is 25.3 Å². The van der Waals surface area contributed by atoms with E-state index < -0.39 is 0 Å². The number of nitrogens with zero attached hydrogens (tertiary/aromatic N) is 2. The van der Waals surface area contributed by atoms with Gasteiger partial charge in [-0.1, -0.05) is 15.9 Å². The van der Waals surface area contributed by atoms with Crippen molar-refractivity contribution < 1.29 is 5.11 Å². The molecule has 2 rings (SSSR count). The van der Waals surface area contributed by atoms with Gasteiger partial charge in [0.15, 0.2) is 0 Å². The molecule has 17 heavy (non-hydrogen) atoms. The SMILES string of the molecule is N#Cc1cc(Br)ccc1N1CCCCC1CO. The Hall–Kier alpha value is -1.05. The van der Waals surface area contributed by atoms with Gasteiger partial charge in [0, 0.05) is 11.0 Å². The molecular weight excluding hydrogens is 280 g/mol. The van der Waals surface area contributed by atoms with Crippen LogP contribution in [0.2, 0.25) is 0 Å². The van der Waals surface area contributed by atoms with Crippen molar-refractivity contribution in [3.63, 3.8) is 0 Å². The predicted molar refractivity (Wildman–Crippen MR) is 70.9 cm³/mol. The van der Waals surface area contributed by atoms with Gasteiger partial charge in [0.25, 0.3) is 0 Å². The van der Waals surface area contributed by atoms with E-state index in [1.165, 1.54) is 0 Å². The zero-order chi connectivity index (χ0) is 12.3. The van der Waals surface area contributed by atoms with Crippen molar-refractivity contribution in [3.05, 3.63) is 28.2 Å². The number of anilines is 1. The molecule has 1 atom stereocenters. The molecule has 1 heterocycles. The molecule has 0 aliphatic carbocycles. The predicted octanol–water partition coefficient (Wildman–Crippen LogP) is 2.67. The summed E-state index contributed by atoms with van der Waals surface area (Å²) < 4.78 is 0.912. The number of rotatable bonds is 2. The van der Waals surface area contributed by atoms with Crippen molar-refractivity contribution >= 4 is 21.6 Å². The van der Waals surface area contributed by atoms with Crippen LogP contribution in [0, 0.1) is 11.3 Å². The molecule has 0 saturated carbocycles. The zero-order valence-corrected chi connectivity index (χ0v) is 11.2. The lowest BCUT2D eigenvalue weighted by molar-refractivity contribution is 0.240. The average Bonchev–Trinajstić information content (AvgIpc) is 2.38. The molecular formula is C13H15BrN2O. The van der Waals surface area contributed by atoms with Crippen LogP contribution >= 0.6 is 15.9 Å². The van der Waals surface area contributed by atoms with E-state index in [-0.39, 0.29) is 12.6 Å². The summed E-state index contributed by atoms with van der Waals surface area (Å²) in [5.41, 5.74) is 1.61. The van der Waals surface area contributed by atoms with Crippen molar-refractivity contribution in [1.82, 2.24) is 0 Å². The topological polar surface area (TPSA) is 47.3 Å². The first-order valence-corrected chi connectivity index (χ1v) is 6.62. The lowest BCUT2D eigenvalue weighted by atomic mass is 10.0. The lowest BCUT2D eigenvalue weighted by Gasteiger charge is -2.37. The second-order valence-corrected chi connectivity index (χ2v) is 5.21. The normalized spacial score (nSPS) is 20.1. The number of hydrogen-bond acceptors (Lipinski definition) is 3. The Balaban J connectivity index is 2.35.